The van der Waals surface area contributed by atoms with Crippen LogP contribution in [0.3, 0.4) is 0 Å². The fourth-order valence-corrected chi connectivity index (χ4v) is 2.38. The van der Waals surface area contributed by atoms with Gasteiger partial charge in [-0.2, -0.15) is 9.61 Å². The number of rotatable bonds is 1. The summed E-state index contributed by atoms with van der Waals surface area (Å²) in [5.41, 5.74) is 7.31. The molecule has 0 amide bonds. The second kappa shape index (κ2) is 3.88. The molecule has 90 valence electrons. The smallest absolute Gasteiger partial charge is 0.296 e. The fraction of sp³-hybridized carbons (Fsp3) is 0.0909. The Labute approximate surface area is 106 Å². The van der Waals surface area contributed by atoms with Gasteiger partial charge in [-0.25, -0.2) is 0 Å². The first-order valence-electron chi connectivity index (χ1n) is 5.24. The summed E-state index contributed by atoms with van der Waals surface area (Å²) in [5, 5.41) is 12.7. The average molecular weight is 259 g/mol. The molecular weight excluding hydrogens is 250 g/mol. The van der Waals surface area contributed by atoms with Gasteiger partial charge in [0, 0.05) is 11.3 Å². The Morgan fingerprint density at radius 3 is 2.67 bits per heavy atom. The Morgan fingerprint density at radius 1 is 1.22 bits per heavy atom. The Morgan fingerprint density at radius 2 is 1.94 bits per heavy atom. The topological polar surface area (TPSA) is 86.2 Å². The highest BCUT2D eigenvalue weighted by Gasteiger charge is 2.10. The van der Waals surface area contributed by atoms with Crippen LogP contribution < -0.4 is 11.3 Å². The predicted octanol–water partition coefficient (Wildman–Crippen LogP) is 1.10. The fourth-order valence-electron chi connectivity index (χ4n) is 1.53. The number of aromatic nitrogens is 4. The normalized spacial score (nSPS) is 10.9. The summed E-state index contributed by atoms with van der Waals surface area (Å²) in [5.74, 6) is 0. The van der Waals surface area contributed by atoms with Crippen molar-refractivity contribution in [3.05, 3.63) is 40.3 Å². The van der Waals surface area contributed by atoms with E-state index < -0.39 is 0 Å². The molecule has 6 nitrogen and oxygen atoms in total. The maximum atomic E-state index is 11.8. The van der Waals surface area contributed by atoms with Crippen LogP contribution in [0.1, 0.15) is 5.69 Å². The Hall–Kier alpha value is -2.28. The standard InChI is InChI=1S/C11H9N5OS/c1-6-10(17)16-11(14-13-6)18-9(15-16)7-2-4-8(12)5-3-7/h2-5H,12H2,1H3. The van der Waals surface area contributed by atoms with Gasteiger partial charge < -0.3 is 5.73 Å². The largest absolute Gasteiger partial charge is 0.399 e. The summed E-state index contributed by atoms with van der Waals surface area (Å²) in [6.07, 6.45) is 0. The van der Waals surface area contributed by atoms with Crippen molar-refractivity contribution in [1.82, 2.24) is 19.8 Å². The second-order valence-electron chi connectivity index (χ2n) is 3.81. The Balaban J connectivity index is 2.22. The second-order valence-corrected chi connectivity index (χ2v) is 4.77. The van der Waals surface area contributed by atoms with Crippen molar-refractivity contribution >= 4 is 22.0 Å². The molecule has 0 bridgehead atoms. The third-order valence-corrected chi connectivity index (χ3v) is 3.45. The minimum absolute atomic E-state index is 0.238. The van der Waals surface area contributed by atoms with E-state index in [0.717, 1.165) is 5.56 Å². The van der Waals surface area contributed by atoms with E-state index in [9.17, 15) is 4.79 Å². The van der Waals surface area contributed by atoms with Crippen LogP contribution in [-0.4, -0.2) is 19.8 Å². The number of hydrogen-bond donors (Lipinski definition) is 1. The third-order valence-electron chi connectivity index (χ3n) is 2.51. The molecule has 1 aromatic carbocycles. The monoisotopic (exact) mass is 259 g/mol. The summed E-state index contributed by atoms with van der Waals surface area (Å²) < 4.78 is 1.28. The van der Waals surface area contributed by atoms with Gasteiger partial charge in [0.15, 0.2) is 0 Å². The maximum absolute atomic E-state index is 11.8. The summed E-state index contributed by atoms with van der Waals surface area (Å²) in [6, 6.07) is 7.30. The molecule has 0 saturated carbocycles. The molecule has 3 aromatic rings. The SMILES string of the molecule is Cc1nnc2sc(-c3ccc(N)cc3)nn2c1=O. The van der Waals surface area contributed by atoms with Crippen LogP contribution in [0.5, 0.6) is 0 Å². The van der Waals surface area contributed by atoms with Crippen LogP contribution in [0, 0.1) is 6.92 Å². The summed E-state index contributed by atoms with van der Waals surface area (Å²) >= 11 is 1.32. The van der Waals surface area contributed by atoms with Crippen molar-refractivity contribution in [2.45, 2.75) is 6.92 Å². The van der Waals surface area contributed by atoms with Crippen molar-refractivity contribution in [1.29, 1.82) is 0 Å². The molecule has 0 radical (unpaired) electrons. The van der Waals surface area contributed by atoms with Gasteiger partial charge in [0.25, 0.3) is 5.56 Å². The first-order valence-corrected chi connectivity index (χ1v) is 6.06. The van der Waals surface area contributed by atoms with E-state index in [2.05, 4.69) is 15.3 Å². The van der Waals surface area contributed by atoms with E-state index >= 15 is 0 Å². The number of nitrogens with zero attached hydrogens (tertiary/aromatic N) is 4. The Kier molecular flexibility index (Phi) is 2.34. The highest BCUT2D eigenvalue weighted by Crippen LogP contribution is 2.24. The van der Waals surface area contributed by atoms with E-state index in [1.54, 1.807) is 19.1 Å². The highest BCUT2D eigenvalue weighted by atomic mass is 32.1. The lowest BCUT2D eigenvalue weighted by Gasteiger charge is -1.95. The lowest BCUT2D eigenvalue weighted by atomic mass is 10.2. The molecule has 0 fully saturated rings. The quantitative estimate of drug-likeness (QED) is 0.661. The van der Waals surface area contributed by atoms with Gasteiger partial charge in [-0.1, -0.05) is 11.3 Å². The number of aryl methyl sites for hydroxylation is 1. The summed E-state index contributed by atoms with van der Waals surface area (Å²) in [4.78, 5) is 12.3. The zero-order chi connectivity index (χ0) is 12.7. The van der Waals surface area contributed by atoms with E-state index in [-0.39, 0.29) is 5.56 Å². The lowest BCUT2D eigenvalue weighted by Crippen LogP contribution is -2.19. The molecule has 18 heavy (non-hydrogen) atoms. The zero-order valence-corrected chi connectivity index (χ0v) is 10.3. The molecule has 2 N–H and O–H groups in total. The molecule has 3 rings (SSSR count). The van der Waals surface area contributed by atoms with Gasteiger partial charge in [-0.15, -0.1) is 10.2 Å². The first-order chi connectivity index (χ1) is 8.65. The van der Waals surface area contributed by atoms with E-state index in [1.165, 1.54) is 15.9 Å². The van der Waals surface area contributed by atoms with Crippen LogP contribution in [0.15, 0.2) is 29.1 Å². The van der Waals surface area contributed by atoms with Gasteiger partial charge in [0.2, 0.25) is 4.96 Å². The number of anilines is 1. The van der Waals surface area contributed by atoms with Crippen molar-refractivity contribution in [3.8, 4) is 10.6 Å². The molecule has 0 spiro atoms. The average Bonchev–Trinajstić information content (AvgIpc) is 2.80. The van der Waals surface area contributed by atoms with Gasteiger partial charge in [-0.05, 0) is 31.2 Å². The zero-order valence-electron chi connectivity index (χ0n) is 9.49. The van der Waals surface area contributed by atoms with E-state index in [4.69, 9.17) is 5.73 Å². The molecule has 0 aliphatic carbocycles. The van der Waals surface area contributed by atoms with Crippen LogP contribution in [0.2, 0.25) is 0 Å². The first kappa shape index (κ1) is 10.8. The van der Waals surface area contributed by atoms with Gasteiger partial charge in [-0.3, -0.25) is 4.79 Å². The maximum Gasteiger partial charge on any atom is 0.296 e. The molecule has 0 atom stereocenters. The van der Waals surface area contributed by atoms with Crippen molar-refractivity contribution in [2.75, 3.05) is 5.73 Å². The minimum Gasteiger partial charge on any atom is -0.399 e. The van der Waals surface area contributed by atoms with Gasteiger partial charge in [0.05, 0.1) is 0 Å². The molecule has 0 aliphatic rings. The molecule has 2 heterocycles. The number of nitrogens with two attached hydrogens (primary N) is 1. The summed E-state index contributed by atoms with van der Waals surface area (Å²) in [6.45, 7) is 1.62. The van der Waals surface area contributed by atoms with Crippen molar-refractivity contribution in [2.24, 2.45) is 0 Å². The molecule has 0 aliphatic heterocycles. The molecular formula is C11H9N5OS. The number of nitrogen functional groups attached to an aromatic ring is 1. The summed E-state index contributed by atoms with van der Waals surface area (Å²) in [7, 11) is 0. The van der Waals surface area contributed by atoms with Gasteiger partial charge >= 0.3 is 0 Å². The lowest BCUT2D eigenvalue weighted by molar-refractivity contribution is 0.829. The van der Waals surface area contributed by atoms with Crippen LogP contribution >= 0.6 is 11.3 Å². The van der Waals surface area contributed by atoms with E-state index in [0.29, 0.717) is 21.3 Å². The molecule has 0 saturated heterocycles. The van der Waals surface area contributed by atoms with Crippen molar-refractivity contribution < 1.29 is 0 Å². The van der Waals surface area contributed by atoms with Crippen LogP contribution in [-0.2, 0) is 0 Å². The third kappa shape index (κ3) is 1.65. The Bertz CT molecular complexity index is 774. The van der Waals surface area contributed by atoms with Crippen LogP contribution in [0.4, 0.5) is 5.69 Å². The number of fused-ring (bicyclic) bond motifs is 1. The molecule has 7 heteroatoms. The van der Waals surface area contributed by atoms with Gasteiger partial charge in [0.1, 0.15) is 10.7 Å². The molecule has 2 aromatic heterocycles. The van der Waals surface area contributed by atoms with Crippen molar-refractivity contribution in [3.63, 3.8) is 0 Å². The highest BCUT2D eigenvalue weighted by molar-refractivity contribution is 7.19. The predicted molar refractivity (Wildman–Crippen MR) is 69.5 cm³/mol. The number of hydrogen-bond acceptors (Lipinski definition) is 6. The minimum atomic E-state index is -0.238. The van der Waals surface area contributed by atoms with Crippen LogP contribution in [0.25, 0.3) is 15.5 Å². The van der Waals surface area contributed by atoms with E-state index in [1.807, 2.05) is 12.1 Å². The number of benzene rings is 1. The molecule has 0 unspecified atom stereocenters.